The quantitative estimate of drug-likeness (QED) is 0.772. The second-order valence-corrected chi connectivity index (χ2v) is 7.57. The Morgan fingerprint density at radius 3 is 2.48 bits per heavy atom. The van der Waals surface area contributed by atoms with Gasteiger partial charge in [-0.2, -0.15) is 0 Å². The molecule has 0 unspecified atom stereocenters. The van der Waals surface area contributed by atoms with Crippen LogP contribution in [0.1, 0.15) is 18.4 Å². The van der Waals surface area contributed by atoms with Gasteiger partial charge < -0.3 is 15.0 Å². The van der Waals surface area contributed by atoms with Crippen LogP contribution >= 0.6 is 0 Å². The van der Waals surface area contributed by atoms with Crippen molar-refractivity contribution in [3.63, 3.8) is 0 Å². The molecule has 5 nitrogen and oxygen atoms in total. The van der Waals surface area contributed by atoms with Gasteiger partial charge in [0.25, 0.3) is 0 Å². The lowest BCUT2D eigenvalue weighted by molar-refractivity contribution is -0.117. The molecule has 2 aliphatic rings. The molecule has 0 spiro atoms. The van der Waals surface area contributed by atoms with E-state index in [4.69, 9.17) is 4.74 Å². The average molecular weight is 401 g/mol. The van der Waals surface area contributed by atoms with Gasteiger partial charge in [-0.05, 0) is 43.2 Å². The third kappa shape index (κ3) is 5.31. The van der Waals surface area contributed by atoms with Gasteiger partial charge in [0.15, 0.2) is 0 Å². The molecule has 1 amide bonds. The fraction of sp³-hybridized carbons (Fsp3) is 0.409. The molecule has 29 heavy (non-hydrogen) atoms. The van der Waals surface area contributed by atoms with Crippen molar-refractivity contribution in [1.82, 2.24) is 4.90 Å². The summed E-state index contributed by atoms with van der Waals surface area (Å²) < 4.78 is 32.5. The van der Waals surface area contributed by atoms with E-state index in [1.165, 1.54) is 12.1 Å². The molecule has 1 heterocycles. The van der Waals surface area contributed by atoms with Gasteiger partial charge in [0, 0.05) is 48.7 Å². The fourth-order valence-corrected chi connectivity index (χ4v) is 3.58. The second kappa shape index (κ2) is 8.88. The molecule has 1 aliphatic heterocycles. The minimum absolute atomic E-state index is 0.140. The van der Waals surface area contributed by atoms with Gasteiger partial charge in [0.2, 0.25) is 5.91 Å². The van der Waals surface area contributed by atoms with E-state index in [9.17, 15) is 13.6 Å². The van der Waals surface area contributed by atoms with Gasteiger partial charge in [0.1, 0.15) is 11.6 Å². The number of anilines is 2. The van der Waals surface area contributed by atoms with Gasteiger partial charge in [0.05, 0.1) is 19.8 Å². The summed E-state index contributed by atoms with van der Waals surface area (Å²) in [5.74, 6) is -1.31. The predicted octanol–water partition coefficient (Wildman–Crippen LogP) is 3.40. The molecule has 0 aromatic heterocycles. The van der Waals surface area contributed by atoms with Crippen LogP contribution in [0, 0.1) is 11.6 Å². The van der Waals surface area contributed by atoms with Crippen molar-refractivity contribution in [3.05, 3.63) is 59.7 Å². The van der Waals surface area contributed by atoms with Crippen LogP contribution in [0.2, 0.25) is 0 Å². The summed E-state index contributed by atoms with van der Waals surface area (Å²) in [6.45, 7) is 3.64. The molecular formula is C22H25F2N3O2. The smallest absolute Gasteiger partial charge is 0.238 e. The first-order valence-corrected chi connectivity index (χ1v) is 9.99. The predicted molar refractivity (Wildman–Crippen MR) is 108 cm³/mol. The number of nitrogens with one attached hydrogen (secondary N) is 1. The highest BCUT2D eigenvalue weighted by Gasteiger charge is 2.31. The van der Waals surface area contributed by atoms with Gasteiger partial charge in [-0.1, -0.05) is 6.07 Å². The first-order valence-electron chi connectivity index (χ1n) is 9.99. The molecule has 0 atom stereocenters. The van der Waals surface area contributed by atoms with Crippen LogP contribution in [0.5, 0.6) is 0 Å². The summed E-state index contributed by atoms with van der Waals surface area (Å²) in [5, 5.41) is 2.92. The summed E-state index contributed by atoms with van der Waals surface area (Å²) >= 11 is 0. The zero-order valence-corrected chi connectivity index (χ0v) is 16.2. The number of carbonyl (C=O) groups is 1. The Balaban J connectivity index is 1.34. The molecule has 7 heteroatoms. The fourth-order valence-electron chi connectivity index (χ4n) is 3.58. The zero-order valence-electron chi connectivity index (χ0n) is 16.2. The average Bonchev–Trinajstić information content (AvgIpc) is 3.56. The lowest BCUT2D eigenvalue weighted by Gasteiger charge is -2.29. The Bertz CT molecular complexity index is 850. The van der Waals surface area contributed by atoms with Crippen molar-refractivity contribution in [2.45, 2.75) is 25.4 Å². The van der Waals surface area contributed by atoms with Gasteiger partial charge in [-0.25, -0.2) is 8.78 Å². The van der Waals surface area contributed by atoms with Crippen molar-refractivity contribution >= 4 is 17.3 Å². The Labute approximate surface area is 169 Å². The number of morpholine rings is 1. The number of hydrogen-bond acceptors (Lipinski definition) is 4. The maximum Gasteiger partial charge on any atom is 0.238 e. The van der Waals surface area contributed by atoms with E-state index >= 15 is 0 Å². The molecule has 4 rings (SSSR count). The van der Waals surface area contributed by atoms with E-state index in [-0.39, 0.29) is 18.5 Å². The molecule has 154 valence electrons. The van der Waals surface area contributed by atoms with Crippen LogP contribution < -0.4 is 10.2 Å². The number of benzene rings is 2. The summed E-state index contributed by atoms with van der Waals surface area (Å²) in [4.78, 5) is 16.7. The number of nitrogens with zero attached hydrogens (tertiary/aromatic N) is 2. The highest BCUT2D eigenvalue weighted by atomic mass is 19.1. The van der Waals surface area contributed by atoms with Crippen LogP contribution in [0.3, 0.4) is 0 Å². The van der Waals surface area contributed by atoms with Crippen LogP contribution in [-0.2, 0) is 16.1 Å². The van der Waals surface area contributed by atoms with Gasteiger partial charge in [-0.15, -0.1) is 0 Å². The number of hydrogen-bond donors (Lipinski definition) is 1. The van der Waals surface area contributed by atoms with Crippen LogP contribution in [0.25, 0.3) is 0 Å². The lowest BCUT2D eigenvalue weighted by Crippen LogP contribution is -2.36. The second-order valence-electron chi connectivity index (χ2n) is 7.57. The minimum atomic E-state index is -0.595. The van der Waals surface area contributed by atoms with Crippen LogP contribution in [-0.4, -0.2) is 49.7 Å². The van der Waals surface area contributed by atoms with E-state index in [0.717, 1.165) is 56.6 Å². The third-order valence-electron chi connectivity index (χ3n) is 5.33. The Kier molecular flexibility index (Phi) is 6.06. The molecule has 0 bridgehead atoms. The molecule has 1 saturated carbocycles. The van der Waals surface area contributed by atoms with E-state index < -0.39 is 11.6 Å². The van der Waals surface area contributed by atoms with Crippen LogP contribution in [0.15, 0.2) is 42.5 Å². The molecule has 2 fully saturated rings. The summed E-state index contributed by atoms with van der Waals surface area (Å²) in [6, 6.07) is 11.6. The van der Waals surface area contributed by atoms with Crippen molar-refractivity contribution in [2.75, 3.05) is 43.1 Å². The first kappa shape index (κ1) is 19.8. The number of amides is 1. The summed E-state index contributed by atoms with van der Waals surface area (Å²) in [7, 11) is 0. The van der Waals surface area contributed by atoms with E-state index in [2.05, 4.69) is 10.2 Å². The topological polar surface area (TPSA) is 44.8 Å². The highest BCUT2D eigenvalue weighted by Crippen LogP contribution is 2.29. The van der Waals surface area contributed by atoms with Crippen molar-refractivity contribution in [1.29, 1.82) is 0 Å². The normalized spacial score (nSPS) is 16.9. The highest BCUT2D eigenvalue weighted by molar-refractivity contribution is 5.92. The van der Waals surface area contributed by atoms with E-state index in [0.29, 0.717) is 12.1 Å². The van der Waals surface area contributed by atoms with Crippen molar-refractivity contribution in [2.24, 2.45) is 0 Å². The number of rotatable bonds is 7. The largest absolute Gasteiger partial charge is 0.378 e. The SMILES string of the molecule is O=C(CN(Cc1ccc(F)cc1F)C1CC1)Nc1ccc(N2CCOCC2)cc1. The monoisotopic (exact) mass is 401 g/mol. The molecule has 1 saturated heterocycles. The third-order valence-corrected chi connectivity index (χ3v) is 5.33. The van der Waals surface area contributed by atoms with Gasteiger partial charge in [-0.3, -0.25) is 9.69 Å². The molecule has 0 radical (unpaired) electrons. The van der Waals surface area contributed by atoms with E-state index in [1.54, 1.807) is 0 Å². The Morgan fingerprint density at radius 2 is 1.83 bits per heavy atom. The lowest BCUT2D eigenvalue weighted by atomic mass is 10.2. The molecular weight excluding hydrogens is 376 g/mol. The van der Waals surface area contributed by atoms with Crippen molar-refractivity contribution < 1.29 is 18.3 Å². The molecule has 2 aromatic carbocycles. The zero-order chi connectivity index (χ0) is 20.2. The maximum atomic E-state index is 14.0. The Hall–Kier alpha value is -2.51. The number of halogens is 2. The maximum absolute atomic E-state index is 14.0. The van der Waals surface area contributed by atoms with E-state index in [1.807, 2.05) is 29.2 Å². The molecule has 1 N–H and O–H groups in total. The Morgan fingerprint density at radius 1 is 1.10 bits per heavy atom. The van der Waals surface area contributed by atoms with Gasteiger partial charge >= 0.3 is 0 Å². The molecule has 1 aliphatic carbocycles. The number of carbonyl (C=O) groups excluding carboxylic acids is 1. The summed E-state index contributed by atoms with van der Waals surface area (Å²) in [5.41, 5.74) is 2.24. The summed E-state index contributed by atoms with van der Waals surface area (Å²) in [6.07, 6.45) is 1.98. The molecule has 2 aromatic rings. The standard InChI is InChI=1S/C22H25F2N3O2/c23-17-2-1-16(21(24)13-17)14-27(20-7-8-20)15-22(28)25-18-3-5-19(6-4-18)26-9-11-29-12-10-26/h1-6,13,20H,7-12,14-15H2,(H,25,28). The minimum Gasteiger partial charge on any atom is -0.378 e. The van der Waals surface area contributed by atoms with Crippen LogP contribution in [0.4, 0.5) is 20.2 Å². The van der Waals surface area contributed by atoms with Crippen molar-refractivity contribution in [3.8, 4) is 0 Å². The number of ether oxygens (including phenoxy) is 1. The first-order chi connectivity index (χ1) is 14.1.